The summed E-state index contributed by atoms with van der Waals surface area (Å²) in [6.07, 6.45) is 4.38. The standard InChI is InChI=1S/C25H19FN6O4/c1-36-22-5-4-16(10-20(22)26)31-24(21-3-2-6-29-21)30-23-18(15-7-14(11-27)12-28-13-15)8-17(32(34)35)9-19(23)25(31)33/h4-5,7-10,12-13,21,29H,2-3,6H2,1H3. The van der Waals surface area contributed by atoms with Crippen molar-refractivity contribution in [3.63, 3.8) is 0 Å². The summed E-state index contributed by atoms with van der Waals surface area (Å²) in [5.74, 6) is -0.288. The molecule has 0 aliphatic carbocycles. The van der Waals surface area contributed by atoms with Crippen LogP contribution in [0.5, 0.6) is 5.75 Å². The highest BCUT2D eigenvalue weighted by atomic mass is 19.1. The molecule has 1 saturated heterocycles. The van der Waals surface area contributed by atoms with Gasteiger partial charge in [-0.25, -0.2) is 9.37 Å². The Balaban J connectivity index is 1.88. The molecule has 0 saturated carbocycles. The average molecular weight is 486 g/mol. The molecule has 1 aliphatic heterocycles. The summed E-state index contributed by atoms with van der Waals surface area (Å²) in [5.41, 5.74) is 0.517. The summed E-state index contributed by atoms with van der Waals surface area (Å²) in [6.45, 7) is 0.719. The molecule has 5 rings (SSSR count). The number of non-ortho nitro benzene ring substituents is 1. The Labute approximate surface area is 203 Å². The van der Waals surface area contributed by atoms with Crippen LogP contribution in [0.25, 0.3) is 27.7 Å². The zero-order chi connectivity index (χ0) is 25.4. The Morgan fingerprint density at radius 3 is 2.78 bits per heavy atom. The van der Waals surface area contributed by atoms with E-state index >= 15 is 0 Å². The van der Waals surface area contributed by atoms with Gasteiger partial charge in [0.25, 0.3) is 11.2 Å². The Morgan fingerprint density at radius 2 is 2.11 bits per heavy atom. The Morgan fingerprint density at radius 1 is 1.28 bits per heavy atom. The third kappa shape index (κ3) is 3.93. The second kappa shape index (κ2) is 9.16. The summed E-state index contributed by atoms with van der Waals surface area (Å²) < 4.78 is 20.9. The molecule has 11 heteroatoms. The molecule has 1 unspecified atom stereocenters. The number of nitrogens with zero attached hydrogens (tertiary/aromatic N) is 5. The van der Waals surface area contributed by atoms with Gasteiger partial charge < -0.3 is 10.1 Å². The van der Waals surface area contributed by atoms with Crippen molar-refractivity contribution in [1.82, 2.24) is 19.9 Å². The minimum Gasteiger partial charge on any atom is -0.494 e. The fraction of sp³-hybridized carbons (Fsp3) is 0.200. The first-order chi connectivity index (χ1) is 17.4. The van der Waals surface area contributed by atoms with Gasteiger partial charge in [0.1, 0.15) is 11.9 Å². The number of halogens is 1. The monoisotopic (exact) mass is 486 g/mol. The molecule has 0 spiro atoms. The molecule has 10 nitrogen and oxygen atoms in total. The van der Waals surface area contributed by atoms with E-state index in [0.717, 1.165) is 19.0 Å². The SMILES string of the molecule is COc1ccc(-n2c(C3CCCN3)nc3c(-c4cncc(C#N)c4)cc([N+](=O)[O-])cc3c2=O)cc1F. The van der Waals surface area contributed by atoms with E-state index < -0.39 is 16.3 Å². The van der Waals surface area contributed by atoms with Crippen LogP contribution in [0.15, 0.2) is 53.6 Å². The molecule has 1 N–H and O–H groups in total. The minimum absolute atomic E-state index is 0.0143. The number of pyridine rings is 1. The van der Waals surface area contributed by atoms with E-state index in [1.165, 1.54) is 54.4 Å². The van der Waals surface area contributed by atoms with Crippen molar-refractivity contribution in [2.75, 3.05) is 13.7 Å². The predicted molar refractivity (Wildman–Crippen MR) is 128 cm³/mol. The predicted octanol–water partition coefficient (Wildman–Crippen LogP) is 3.80. The van der Waals surface area contributed by atoms with Crippen LogP contribution in [-0.2, 0) is 0 Å². The van der Waals surface area contributed by atoms with Gasteiger partial charge in [-0.05, 0) is 37.6 Å². The molecule has 1 fully saturated rings. The number of nitro groups is 1. The molecule has 180 valence electrons. The second-order valence-electron chi connectivity index (χ2n) is 8.30. The van der Waals surface area contributed by atoms with Gasteiger partial charge in [-0.15, -0.1) is 0 Å². The van der Waals surface area contributed by atoms with Gasteiger partial charge in [-0.1, -0.05) is 0 Å². The quantitative estimate of drug-likeness (QED) is 0.332. The zero-order valence-corrected chi connectivity index (χ0v) is 19.1. The van der Waals surface area contributed by atoms with E-state index in [1.807, 2.05) is 6.07 Å². The molecule has 2 aromatic carbocycles. The number of nitro benzene ring substituents is 1. The number of hydrogen-bond acceptors (Lipinski definition) is 8. The van der Waals surface area contributed by atoms with Crippen molar-refractivity contribution >= 4 is 16.6 Å². The van der Waals surface area contributed by atoms with E-state index in [2.05, 4.69) is 10.3 Å². The van der Waals surface area contributed by atoms with E-state index in [9.17, 15) is 24.6 Å². The summed E-state index contributed by atoms with van der Waals surface area (Å²) in [5, 5.41) is 24.3. The number of rotatable bonds is 5. The number of ether oxygens (including phenoxy) is 1. The largest absolute Gasteiger partial charge is 0.494 e. The Hall–Kier alpha value is -4.69. The first-order valence-electron chi connectivity index (χ1n) is 11.1. The van der Waals surface area contributed by atoms with E-state index in [1.54, 1.807) is 0 Å². The second-order valence-corrected chi connectivity index (χ2v) is 8.30. The molecule has 1 atom stereocenters. The molecule has 0 radical (unpaired) electrons. The lowest BCUT2D eigenvalue weighted by Crippen LogP contribution is -2.29. The van der Waals surface area contributed by atoms with E-state index in [-0.39, 0.29) is 39.6 Å². The highest BCUT2D eigenvalue weighted by Crippen LogP contribution is 2.33. The molecule has 36 heavy (non-hydrogen) atoms. The van der Waals surface area contributed by atoms with Crippen LogP contribution >= 0.6 is 0 Å². The van der Waals surface area contributed by atoms with Crippen molar-refractivity contribution in [3.8, 4) is 28.6 Å². The molecular weight excluding hydrogens is 467 g/mol. The van der Waals surface area contributed by atoms with Crippen LogP contribution in [0.1, 0.15) is 30.3 Å². The van der Waals surface area contributed by atoms with Crippen molar-refractivity contribution in [2.45, 2.75) is 18.9 Å². The number of aromatic nitrogens is 3. The van der Waals surface area contributed by atoms with Crippen molar-refractivity contribution in [2.24, 2.45) is 0 Å². The molecule has 0 bridgehead atoms. The number of nitrogens with one attached hydrogen (secondary N) is 1. The first kappa shape index (κ1) is 23.1. The van der Waals surface area contributed by atoms with Crippen LogP contribution in [0.3, 0.4) is 0 Å². The van der Waals surface area contributed by atoms with Crippen molar-refractivity contribution in [3.05, 3.63) is 86.5 Å². The maximum absolute atomic E-state index is 14.6. The number of methoxy groups -OCH3 is 1. The summed E-state index contributed by atoms with van der Waals surface area (Å²) >= 11 is 0. The van der Waals surface area contributed by atoms with E-state index in [4.69, 9.17) is 9.72 Å². The van der Waals surface area contributed by atoms with Crippen LogP contribution in [0.4, 0.5) is 10.1 Å². The Bertz CT molecular complexity index is 1620. The smallest absolute Gasteiger partial charge is 0.271 e. The van der Waals surface area contributed by atoms with Crippen LogP contribution in [0, 0.1) is 27.3 Å². The van der Waals surface area contributed by atoms with Crippen molar-refractivity contribution < 1.29 is 14.1 Å². The molecule has 0 amide bonds. The first-order valence-corrected chi connectivity index (χ1v) is 11.1. The zero-order valence-electron chi connectivity index (χ0n) is 19.1. The van der Waals surface area contributed by atoms with Gasteiger partial charge in [-0.3, -0.25) is 24.5 Å². The summed E-state index contributed by atoms with van der Waals surface area (Å²) in [6, 6.07) is 9.83. The van der Waals surface area contributed by atoms with Crippen molar-refractivity contribution in [1.29, 1.82) is 5.26 Å². The number of hydrogen-bond donors (Lipinski definition) is 1. The van der Waals surface area contributed by atoms with Gasteiger partial charge in [0.15, 0.2) is 11.6 Å². The maximum Gasteiger partial charge on any atom is 0.271 e. The molecule has 3 heterocycles. The van der Waals surface area contributed by atoms with Crippen LogP contribution in [0.2, 0.25) is 0 Å². The number of nitriles is 1. The van der Waals surface area contributed by atoms with Gasteiger partial charge >= 0.3 is 0 Å². The maximum atomic E-state index is 14.6. The number of fused-ring (bicyclic) bond motifs is 1. The fourth-order valence-corrected chi connectivity index (χ4v) is 4.45. The summed E-state index contributed by atoms with van der Waals surface area (Å²) in [7, 11) is 1.34. The normalized spacial score (nSPS) is 15.1. The van der Waals surface area contributed by atoms with Gasteiger partial charge in [0.2, 0.25) is 0 Å². The highest BCUT2D eigenvalue weighted by molar-refractivity contribution is 5.95. The third-order valence-electron chi connectivity index (χ3n) is 6.14. The minimum atomic E-state index is -0.661. The summed E-state index contributed by atoms with van der Waals surface area (Å²) in [4.78, 5) is 33.9. The van der Waals surface area contributed by atoms with Gasteiger partial charge in [0, 0.05) is 41.7 Å². The topological polar surface area (TPSA) is 136 Å². The molecular formula is C25H19FN6O4. The lowest BCUT2D eigenvalue weighted by Gasteiger charge is -2.19. The van der Waals surface area contributed by atoms with Crippen LogP contribution in [-0.4, -0.2) is 33.1 Å². The molecule has 4 aromatic rings. The van der Waals surface area contributed by atoms with Gasteiger partial charge in [-0.2, -0.15) is 5.26 Å². The highest BCUT2D eigenvalue weighted by Gasteiger charge is 2.27. The lowest BCUT2D eigenvalue weighted by molar-refractivity contribution is -0.384. The molecule has 2 aromatic heterocycles. The third-order valence-corrected chi connectivity index (χ3v) is 6.14. The number of benzene rings is 2. The van der Waals surface area contributed by atoms with Gasteiger partial charge in [0.05, 0.1) is 40.2 Å². The van der Waals surface area contributed by atoms with E-state index in [0.29, 0.717) is 23.4 Å². The fourth-order valence-electron chi connectivity index (χ4n) is 4.45. The molecule has 1 aliphatic rings. The average Bonchev–Trinajstić information content (AvgIpc) is 3.43. The lowest BCUT2D eigenvalue weighted by atomic mass is 10.0. The van der Waals surface area contributed by atoms with Crippen LogP contribution < -0.4 is 15.6 Å². The Kier molecular flexibility index (Phi) is 5.87.